The normalized spacial score (nSPS) is 17.1. The molecule has 171 valence electrons. The molecule has 7 rings (SSSR count). The van der Waals surface area contributed by atoms with Gasteiger partial charge >= 0.3 is 209 Å². The van der Waals surface area contributed by atoms with Crippen molar-refractivity contribution in [2.45, 2.75) is 68.2 Å². The van der Waals surface area contributed by atoms with Crippen LogP contribution in [0.25, 0.3) is 23.9 Å². The molecule has 3 aromatic heterocycles. The van der Waals surface area contributed by atoms with E-state index in [1.807, 2.05) is 0 Å². The molecule has 2 bridgehead atoms. The van der Waals surface area contributed by atoms with Crippen molar-refractivity contribution < 1.29 is 0 Å². The van der Waals surface area contributed by atoms with Crippen molar-refractivity contribution in [1.82, 2.24) is 8.37 Å². The Bertz CT molecular complexity index is 1830. The molecular weight excluding hydrogens is 523 g/mol. The van der Waals surface area contributed by atoms with Crippen LogP contribution in [0.4, 0.5) is 0 Å². The van der Waals surface area contributed by atoms with Crippen molar-refractivity contribution in [2.75, 3.05) is 0 Å². The average Bonchev–Trinajstić information content (AvgIpc) is 3.45. The molecule has 4 aliphatic heterocycles. The summed E-state index contributed by atoms with van der Waals surface area (Å²) in [6, 6.07) is 0. The molecule has 0 unspecified atom stereocenters. The molecule has 5 heteroatoms. The first-order valence-corrected chi connectivity index (χ1v) is 16.4. The van der Waals surface area contributed by atoms with Crippen molar-refractivity contribution in [1.29, 1.82) is 0 Å². The molecule has 34 heavy (non-hydrogen) atoms. The van der Waals surface area contributed by atoms with Crippen molar-refractivity contribution >= 4 is 50.2 Å². The van der Waals surface area contributed by atoms with E-state index in [-0.39, 0.29) is 0 Å². The minimum atomic E-state index is -2.73. The third kappa shape index (κ3) is 2.16. The van der Waals surface area contributed by atoms with E-state index in [0.717, 1.165) is 18.6 Å². The summed E-state index contributed by atoms with van der Waals surface area (Å²) in [5.41, 5.74) is 16.6. The molecule has 4 nitrogen and oxygen atoms in total. The topological polar surface area (TPSA) is 27.1 Å². The summed E-state index contributed by atoms with van der Waals surface area (Å²) in [5.74, 6) is 0. The zero-order chi connectivity index (χ0) is 23.8. The molecular formula is C29H31N4Sn. The van der Waals surface area contributed by atoms with Gasteiger partial charge in [-0.3, -0.25) is 0 Å². The SMILES string of the molecule is CCc1c(C)c2[n]3c1C=c1c(CC)c(C)c4[n]1[Sn]3[n]1c(c(C)c(C)c1=C1N=C(C=4)C(C)=C1C)=C2. The predicted octanol–water partition coefficient (Wildman–Crippen LogP) is 2.36. The minimum absolute atomic E-state index is 1.06. The fraction of sp³-hybridized carbons (Fsp3) is 0.345. The van der Waals surface area contributed by atoms with Gasteiger partial charge in [0, 0.05) is 0 Å². The molecule has 0 saturated heterocycles. The van der Waals surface area contributed by atoms with E-state index in [1.54, 1.807) is 0 Å². The van der Waals surface area contributed by atoms with Gasteiger partial charge in [-0.2, -0.15) is 0 Å². The molecule has 0 fully saturated rings. The van der Waals surface area contributed by atoms with Crippen LogP contribution in [-0.4, -0.2) is 34.7 Å². The van der Waals surface area contributed by atoms with Gasteiger partial charge in [-0.1, -0.05) is 0 Å². The first kappa shape index (κ1) is 20.9. The van der Waals surface area contributed by atoms with Crippen LogP contribution in [0.5, 0.6) is 0 Å². The van der Waals surface area contributed by atoms with Crippen LogP contribution >= 0.6 is 0 Å². The maximum absolute atomic E-state index is 5.30. The fourth-order valence-electron chi connectivity index (χ4n) is 6.74. The van der Waals surface area contributed by atoms with Gasteiger partial charge in [0.2, 0.25) is 0 Å². The van der Waals surface area contributed by atoms with Crippen molar-refractivity contribution in [3.8, 4) is 0 Å². The molecule has 0 spiro atoms. The standard InChI is InChI=1S/C29H31N4.Sn/c1-9-20-18(7)24-11-22-14(3)16(5)28(32-22)29-17(6)15(4)23(33-29)12-25-19(8)21(10-2)27(31-25)13-26(20)30-24;/h11-13H,9-10H2,1-8H3;/q-3;+3. The molecule has 1 radical (unpaired) electrons. The van der Waals surface area contributed by atoms with Gasteiger partial charge < -0.3 is 0 Å². The third-order valence-electron chi connectivity index (χ3n) is 8.91. The Balaban J connectivity index is 1.85. The van der Waals surface area contributed by atoms with Gasteiger partial charge in [0.05, 0.1) is 0 Å². The van der Waals surface area contributed by atoms with E-state index < -0.39 is 20.6 Å². The molecule has 0 aromatic carbocycles. The molecule has 0 N–H and O–H groups in total. The molecule has 0 saturated carbocycles. The summed E-state index contributed by atoms with van der Waals surface area (Å²) >= 11 is -2.73. The number of fused-ring (bicyclic) bond motifs is 1. The Hall–Kier alpha value is -2.47. The van der Waals surface area contributed by atoms with E-state index in [9.17, 15) is 0 Å². The van der Waals surface area contributed by atoms with Crippen LogP contribution in [0.3, 0.4) is 0 Å². The van der Waals surface area contributed by atoms with E-state index in [4.69, 9.17) is 4.99 Å². The Morgan fingerprint density at radius 2 is 1.32 bits per heavy atom. The number of aliphatic imine (C=N–C) groups is 1. The summed E-state index contributed by atoms with van der Waals surface area (Å²) in [7, 11) is 0. The second-order valence-electron chi connectivity index (χ2n) is 10.3. The van der Waals surface area contributed by atoms with E-state index in [0.29, 0.717) is 0 Å². The second kappa shape index (κ2) is 6.60. The van der Waals surface area contributed by atoms with Crippen molar-refractivity contribution in [2.24, 2.45) is 4.99 Å². The summed E-state index contributed by atoms with van der Waals surface area (Å²) < 4.78 is 8.39. The number of aromatic nitrogens is 3. The number of allylic oxidation sites excluding steroid dienone is 1. The first-order chi connectivity index (χ1) is 16.3. The Morgan fingerprint density at radius 3 is 2.03 bits per heavy atom. The number of hydrogen-bond acceptors (Lipinski definition) is 1. The Morgan fingerprint density at radius 1 is 0.647 bits per heavy atom. The van der Waals surface area contributed by atoms with Crippen LogP contribution in [0.1, 0.15) is 72.5 Å². The molecule has 0 atom stereocenters. The third-order valence-corrected chi connectivity index (χ3v) is 16.4. The summed E-state index contributed by atoms with van der Waals surface area (Å²) in [5, 5.41) is 5.62. The summed E-state index contributed by atoms with van der Waals surface area (Å²) in [4.78, 5) is 5.30. The van der Waals surface area contributed by atoms with Crippen LogP contribution in [0.15, 0.2) is 16.1 Å². The van der Waals surface area contributed by atoms with Crippen LogP contribution in [-0.2, 0) is 12.8 Å². The summed E-state index contributed by atoms with van der Waals surface area (Å²) in [6.07, 6.45) is 9.54. The van der Waals surface area contributed by atoms with Crippen molar-refractivity contribution in [3.05, 3.63) is 77.3 Å². The van der Waals surface area contributed by atoms with E-state index in [2.05, 4.69) is 82.0 Å². The van der Waals surface area contributed by atoms with E-state index in [1.165, 1.54) is 83.0 Å². The Kier molecular flexibility index (Phi) is 4.05. The molecule has 3 aromatic rings. The van der Waals surface area contributed by atoms with Crippen LogP contribution < -0.4 is 21.4 Å². The second-order valence-corrected chi connectivity index (χ2v) is 15.8. The van der Waals surface area contributed by atoms with Gasteiger partial charge in [-0.05, 0) is 0 Å². The number of nitrogens with zero attached hydrogens (tertiary/aromatic N) is 4. The first-order valence-electron chi connectivity index (χ1n) is 12.6. The fourth-order valence-corrected chi connectivity index (χ4v) is 16.0. The van der Waals surface area contributed by atoms with Gasteiger partial charge in [0.1, 0.15) is 0 Å². The van der Waals surface area contributed by atoms with E-state index >= 15 is 0 Å². The van der Waals surface area contributed by atoms with Gasteiger partial charge in [-0.15, -0.1) is 0 Å². The molecule has 0 amide bonds. The molecule has 4 aliphatic rings. The van der Waals surface area contributed by atoms with Gasteiger partial charge in [0.25, 0.3) is 0 Å². The Labute approximate surface area is 208 Å². The average molecular weight is 554 g/mol. The number of rotatable bonds is 2. The quantitative estimate of drug-likeness (QED) is 0.300. The molecule has 7 heterocycles. The summed E-state index contributed by atoms with van der Waals surface area (Å²) in [6.45, 7) is 18.5. The van der Waals surface area contributed by atoms with Crippen LogP contribution in [0, 0.1) is 27.7 Å². The maximum atomic E-state index is 5.30. The van der Waals surface area contributed by atoms with Gasteiger partial charge in [-0.25, -0.2) is 0 Å². The van der Waals surface area contributed by atoms with Crippen LogP contribution in [0.2, 0.25) is 0 Å². The zero-order valence-corrected chi connectivity index (χ0v) is 24.3. The monoisotopic (exact) mass is 555 g/mol. The number of hydrogen-bond donors (Lipinski definition) is 0. The van der Waals surface area contributed by atoms with Gasteiger partial charge in [0.15, 0.2) is 0 Å². The predicted molar refractivity (Wildman–Crippen MR) is 142 cm³/mol. The van der Waals surface area contributed by atoms with Crippen molar-refractivity contribution in [3.63, 3.8) is 0 Å². The zero-order valence-electron chi connectivity index (χ0n) is 21.4. The molecule has 0 aliphatic carbocycles.